The van der Waals surface area contributed by atoms with E-state index in [4.69, 9.17) is 10.5 Å². The molecule has 0 fully saturated rings. The van der Waals surface area contributed by atoms with Crippen LogP contribution in [0.2, 0.25) is 0 Å². The van der Waals surface area contributed by atoms with Gasteiger partial charge in [0, 0.05) is 29.2 Å². The first-order valence-corrected chi connectivity index (χ1v) is 9.85. The number of H-pyrrole nitrogens is 1. The molecule has 2 heterocycles. The fourth-order valence-electron chi connectivity index (χ4n) is 3.13. The third kappa shape index (κ3) is 4.67. The highest BCUT2D eigenvalue weighted by Gasteiger charge is 2.12. The van der Waals surface area contributed by atoms with Crippen molar-refractivity contribution in [1.82, 2.24) is 20.4 Å². The highest BCUT2D eigenvalue weighted by atomic mass is 35.5. The molecule has 4 N–H and O–H groups in total. The van der Waals surface area contributed by atoms with Crippen molar-refractivity contribution in [2.75, 3.05) is 19.0 Å². The van der Waals surface area contributed by atoms with Gasteiger partial charge in [0.2, 0.25) is 5.13 Å². The predicted molar refractivity (Wildman–Crippen MR) is 120 cm³/mol. The highest BCUT2D eigenvalue weighted by molar-refractivity contribution is 7.18. The molecule has 0 bridgehead atoms. The first-order chi connectivity index (χ1) is 13.6. The minimum atomic E-state index is -0.0615. The van der Waals surface area contributed by atoms with Crippen LogP contribution in [0, 0.1) is 6.92 Å². The molecule has 2 aromatic heterocycles. The summed E-state index contributed by atoms with van der Waals surface area (Å²) in [6.45, 7) is 2.61. The maximum atomic E-state index is 6.29. The Hall–Kier alpha value is -2.68. The number of para-hydroxylation sites is 1. The van der Waals surface area contributed by atoms with Crippen LogP contribution in [0.1, 0.15) is 11.3 Å². The zero-order chi connectivity index (χ0) is 19.5. The van der Waals surface area contributed by atoms with Crippen LogP contribution in [0.5, 0.6) is 5.75 Å². The van der Waals surface area contributed by atoms with E-state index in [0.717, 1.165) is 50.0 Å². The van der Waals surface area contributed by atoms with Crippen LogP contribution in [0.25, 0.3) is 21.5 Å². The van der Waals surface area contributed by atoms with E-state index < -0.39 is 0 Å². The average molecular weight is 431 g/mol. The number of nitrogens with one attached hydrogen (secondary N) is 2. The number of rotatable bonds is 7. The number of nitrogens with two attached hydrogens (primary N) is 1. The van der Waals surface area contributed by atoms with Gasteiger partial charge in [0.15, 0.2) is 0 Å². The predicted octanol–water partition coefficient (Wildman–Crippen LogP) is 3.80. The molecule has 0 saturated carbocycles. The van der Waals surface area contributed by atoms with Crippen molar-refractivity contribution < 1.29 is 4.74 Å². The minimum absolute atomic E-state index is 0. The standard InChI is InChI=1S/C20H22N6OS.ClH/c1-12-16-10-14(7-8-17(16)24-23-12)19-25-26-20(28-19)22-11-15(21)9-13-5-3-4-6-18(13)27-2;/h3-8,10,15H,9,11,21H2,1-2H3,(H,22,26)(H,23,24);1H/t15-;/m0./s1. The lowest BCUT2D eigenvalue weighted by Crippen LogP contribution is -2.31. The molecule has 0 aliphatic heterocycles. The number of hydrogen-bond donors (Lipinski definition) is 3. The number of aromatic nitrogens is 4. The van der Waals surface area contributed by atoms with Crippen LogP contribution >= 0.6 is 23.7 Å². The molecule has 152 valence electrons. The molecule has 0 saturated heterocycles. The third-order valence-electron chi connectivity index (χ3n) is 4.61. The second-order valence-electron chi connectivity index (χ2n) is 6.65. The van der Waals surface area contributed by atoms with Crippen molar-refractivity contribution in [1.29, 1.82) is 0 Å². The van der Waals surface area contributed by atoms with Crippen LogP contribution in [-0.2, 0) is 6.42 Å². The Morgan fingerprint density at radius 2 is 2.03 bits per heavy atom. The van der Waals surface area contributed by atoms with E-state index in [1.807, 2.05) is 43.3 Å². The number of aryl methyl sites for hydroxylation is 1. The molecule has 0 unspecified atom stereocenters. The molecule has 1 atom stereocenters. The quantitative estimate of drug-likeness (QED) is 0.412. The molecule has 0 aliphatic rings. The van der Waals surface area contributed by atoms with E-state index in [0.29, 0.717) is 6.54 Å². The molecule has 4 rings (SSSR count). The second kappa shape index (κ2) is 9.21. The molecular formula is C20H23ClN6OS. The van der Waals surface area contributed by atoms with Gasteiger partial charge in [-0.1, -0.05) is 29.5 Å². The van der Waals surface area contributed by atoms with E-state index in [1.54, 1.807) is 7.11 Å². The lowest BCUT2D eigenvalue weighted by atomic mass is 10.1. The summed E-state index contributed by atoms with van der Waals surface area (Å²) < 4.78 is 5.39. The van der Waals surface area contributed by atoms with E-state index in [9.17, 15) is 0 Å². The summed E-state index contributed by atoms with van der Waals surface area (Å²) in [5.41, 5.74) is 10.4. The van der Waals surface area contributed by atoms with E-state index in [2.05, 4.69) is 31.8 Å². The number of hydrogen-bond acceptors (Lipinski definition) is 7. The maximum Gasteiger partial charge on any atom is 0.206 e. The van der Waals surface area contributed by atoms with Crippen LogP contribution in [0.15, 0.2) is 42.5 Å². The molecular weight excluding hydrogens is 408 g/mol. The van der Waals surface area contributed by atoms with Gasteiger partial charge < -0.3 is 15.8 Å². The second-order valence-corrected chi connectivity index (χ2v) is 7.63. The monoisotopic (exact) mass is 430 g/mol. The number of aromatic amines is 1. The first-order valence-electron chi connectivity index (χ1n) is 9.04. The number of halogens is 1. The fraction of sp³-hybridized carbons (Fsp3) is 0.250. The molecule has 0 spiro atoms. The van der Waals surface area contributed by atoms with Crippen LogP contribution in [0.4, 0.5) is 5.13 Å². The van der Waals surface area contributed by atoms with Gasteiger partial charge in [-0.05, 0) is 43.2 Å². The van der Waals surface area contributed by atoms with Crippen molar-refractivity contribution in [2.24, 2.45) is 5.73 Å². The van der Waals surface area contributed by atoms with Crippen molar-refractivity contribution >= 4 is 39.8 Å². The summed E-state index contributed by atoms with van der Waals surface area (Å²) in [7, 11) is 1.67. The molecule has 7 nitrogen and oxygen atoms in total. The summed E-state index contributed by atoms with van der Waals surface area (Å²) in [6.07, 6.45) is 0.721. The molecule has 2 aromatic carbocycles. The average Bonchev–Trinajstić information content (AvgIpc) is 3.34. The summed E-state index contributed by atoms with van der Waals surface area (Å²) >= 11 is 1.51. The zero-order valence-electron chi connectivity index (χ0n) is 16.2. The van der Waals surface area contributed by atoms with Gasteiger partial charge in [-0.2, -0.15) is 5.10 Å². The number of anilines is 1. The number of fused-ring (bicyclic) bond motifs is 1. The maximum absolute atomic E-state index is 6.29. The minimum Gasteiger partial charge on any atom is -0.496 e. The third-order valence-corrected chi connectivity index (χ3v) is 5.54. The van der Waals surface area contributed by atoms with Gasteiger partial charge in [0.05, 0.1) is 12.6 Å². The van der Waals surface area contributed by atoms with Crippen molar-refractivity contribution in [3.05, 3.63) is 53.7 Å². The van der Waals surface area contributed by atoms with Crippen LogP contribution < -0.4 is 15.8 Å². The Balaban J connectivity index is 0.00000240. The molecule has 9 heteroatoms. The highest BCUT2D eigenvalue weighted by Crippen LogP contribution is 2.29. The van der Waals surface area contributed by atoms with Gasteiger partial charge >= 0.3 is 0 Å². The van der Waals surface area contributed by atoms with Crippen LogP contribution in [0.3, 0.4) is 0 Å². The molecule has 29 heavy (non-hydrogen) atoms. The molecule has 0 aliphatic carbocycles. The smallest absolute Gasteiger partial charge is 0.206 e. The van der Waals surface area contributed by atoms with Gasteiger partial charge in [0.25, 0.3) is 0 Å². The number of methoxy groups -OCH3 is 1. The zero-order valence-corrected chi connectivity index (χ0v) is 17.8. The van der Waals surface area contributed by atoms with Crippen LogP contribution in [-0.4, -0.2) is 40.1 Å². The molecule has 4 aromatic rings. The van der Waals surface area contributed by atoms with Gasteiger partial charge in [0.1, 0.15) is 10.8 Å². The lowest BCUT2D eigenvalue weighted by molar-refractivity contribution is 0.408. The largest absolute Gasteiger partial charge is 0.496 e. The Morgan fingerprint density at radius 1 is 1.21 bits per heavy atom. The summed E-state index contributed by atoms with van der Waals surface area (Å²) in [5.74, 6) is 0.862. The molecule has 0 amide bonds. The molecule has 0 radical (unpaired) electrons. The van der Waals surface area contributed by atoms with E-state index >= 15 is 0 Å². The topological polar surface area (TPSA) is 102 Å². The summed E-state index contributed by atoms with van der Waals surface area (Å²) in [5, 5.41) is 21.8. The summed E-state index contributed by atoms with van der Waals surface area (Å²) in [6, 6.07) is 14.0. The summed E-state index contributed by atoms with van der Waals surface area (Å²) in [4.78, 5) is 0. The Labute approximate surface area is 179 Å². The van der Waals surface area contributed by atoms with Crippen molar-refractivity contribution in [2.45, 2.75) is 19.4 Å². The number of ether oxygens (including phenoxy) is 1. The lowest BCUT2D eigenvalue weighted by Gasteiger charge is -2.14. The van der Waals surface area contributed by atoms with E-state index in [1.165, 1.54) is 11.3 Å². The van der Waals surface area contributed by atoms with Crippen molar-refractivity contribution in [3.63, 3.8) is 0 Å². The number of nitrogens with zero attached hydrogens (tertiary/aromatic N) is 3. The first kappa shape index (κ1) is 21.0. The van der Waals surface area contributed by atoms with Crippen molar-refractivity contribution in [3.8, 4) is 16.3 Å². The SMILES string of the molecule is COc1ccccc1C[C@H](N)CNc1nnc(-c2ccc3n[nH]c(C)c3c2)s1.Cl. The number of benzene rings is 2. The fourth-order valence-corrected chi connectivity index (χ4v) is 3.87. The Morgan fingerprint density at radius 3 is 2.86 bits per heavy atom. The van der Waals surface area contributed by atoms with Gasteiger partial charge in [-0.3, -0.25) is 5.10 Å². The van der Waals surface area contributed by atoms with E-state index in [-0.39, 0.29) is 18.4 Å². The Bertz CT molecular complexity index is 1100. The van der Waals surface area contributed by atoms with Gasteiger partial charge in [-0.15, -0.1) is 22.6 Å². The van der Waals surface area contributed by atoms with Gasteiger partial charge in [-0.25, -0.2) is 0 Å². The normalized spacial score (nSPS) is 11.8. The Kier molecular flexibility index (Phi) is 6.68.